The van der Waals surface area contributed by atoms with Crippen molar-refractivity contribution < 1.29 is 14.4 Å². The van der Waals surface area contributed by atoms with Gasteiger partial charge in [-0.25, -0.2) is 0 Å². The van der Waals surface area contributed by atoms with Gasteiger partial charge in [-0.1, -0.05) is 33.6 Å². The molecule has 1 atom stereocenters. The molecule has 0 aromatic heterocycles. The molecule has 4 nitrogen and oxygen atoms in total. The maximum absolute atomic E-state index is 12.7. The van der Waals surface area contributed by atoms with Crippen molar-refractivity contribution in [1.82, 2.24) is 4.90 Å². The summed E-state index contributed by atoms with van der Waals surface area (Å²) in [5.74, 6) is 0.616. The number of amides is 2. The number of likely N-dealkylation sites (tertiary alicyclic amines) is 1. The minimum Gasteiger partial charge on any atom is -0.311 e. The SMILES string of the molecule is BC(=O)C(C)(C)C(C)(C)N1C(=O)CC(SCCCCC)C1=O. The number of carbonyl (C=O) groups excluding carboxylic acids is 3. The zero-order chi connectivity index (χ0) is 17.1. The van der Waals surface area contributed by atoms with Crippen molar-refractivity contribution in [3.8, 4) is 0 Å². The fourth-order valence-corrected chi connectivity index (χ4v) is 3.77. The molecule has 1 fully saturated rings. The molecule has 1 unspecified atom stereocenters. The van der Waals surface area contributed by atoms with Crippen molar-refractivity contribution in [1.29, 1.82) is 0 Å². The normalized spacial score (nSPS) is 19.9. The predicted molar refractivity (Wildman–Crippen MR) is 93.7 cm³/mol. The molecule has 22 heavy (non-hydrogen) atoms. The molecule has 0 radical (unpaired) electrons. The van der Waals surface area contributed by atoms with Crippen LogP contribution in [0.15, 0.2) is 0 Å². The van der Waals surface area contributed by atoms with Crippen LogP contribution in [0.25, 0.3) is 0 Å². The number of imide groups is 1. The first-order valence-corrected chi connectivity index (χ1v) is 9.11. The van der Waals surface area contributed by atoms with Crippen molar-refractivity contribution >= 4 is 37.1 Å². The topological polar surface area (TPSA) is 54.5 Å². The van der Waals surface area contributed by atoms with Crippen LogP contribution in [0.3, 0.4) is 0 Å². The maximum Gasteiger partial charge on any atom is 0.243 e. The van der Waals surface area contributed by atoms with Gasteiger partial charge in [-0.3, -0.25) is 14.5 Å². The summed E-state index contributed by atoms with van der Waals surface area (Å²) in [6.45, 7) is 9.38. The summed E-state index contributed by atoms with van der Waals surface area (Å²) in [5, 5.41) is -0.286. The number of hydrogen-bond donors (Lipinski definition) is 0. The molecular weight excluding hydrogens is 297 g/mol. The van der Waals surface area contributed by atoms with E-state index in [1.807, 2.05) is 13.8 Å². The van der Waals surface area contributed by atoms with Gasteiger partial charge in [0.2, 0.25) is 11.8 Å². The van der Waals surface area contributed by atoms with E-state index in [1.165, 1.54) is 12.7 Å². The number of nitrogens with zero attached hydrogens (tertiary/aromatic N) is 1. The monoisotopic (exact) mass is 325 g/mol. The highest BCUT2D eigenvalue weighted by atomic mass is 32.2. The van der Waals surface area contributed by atoms with E-state index < -0.39 is 11.0 Å². The van der Waals surface area contributed by atoms with Gasteiger partial charge in [0, 0.05) is 11.8 Å². The third kappa shape index (κ3) is 3.58. The van der Waals surface area contributed by atoms with Crippen LogP contribution in [0.4, 0.5) is 0 Å². The number of carbonyl (C=O) groups is 3. The smallest absolute Gasteiger partial charge is 0.243 e. The van der Waals surface area contributed by atoms with Crippen LogP contribution >= 0.6 is 11.8 Å². The standard InChI is InChI=1S/C16H28BNO3S/c1-6-7-8-9-22-11-10-12(19)18(13(11)20)16(4,5)15(2,3)14(17)21/h11H,6-10,17H2,1-5H3. The molecule has 0 aliphatic carbocycles. The van der Waals surface area contributed by atoms with E-state index in [9.17, 15) is 14.4 Å². The molecule has 1 aliphatic heterocycles. The minimum atomic E-state index is -0.814. The Balaban J connectivity index is 2.86. The highest BCUT2D eigenvalue weighted by Crippen LogP contribution is 2.40. The zero-order valence-corrected chi connectivity index (χ0v) is 15.5. The van der Waals surface area contributed by atoms with E-state index in [1.54, 1.807) is 25.6 Å². The number of unbranched alkanes of at least 4 members (excludes halogenated alkanes) is 2. The molecule has 0 spiro atoms. The van der Waals surface area contributed by atoms with Crippen molar-refractivity contribution in [2.75, 3.05) is 5.75 Å². The summed E-state index contributed by atoms with van der Waals surface area (Å²) in [7, 11) is 1.52. The maximum atomic E-state index is 12.7. The Bertz CT molecular complexity index is 462. The van der Waals surface area contributed by atoms with E-state index in [0.29, 0.717) is 0 Å². The van der Waals surface area contributed by atoms with Gasteiger partial charge < -0.3 is 4.79 Å². The summed E-state index contributed by atoms with van der Waals surface area (Å²) in [4.78, 5) is 38.3. The molecule has 2 amide bonds. The summed E-state index contributed by atoms with van der Waals surface area (Å²) in [6, 6.07) is 0. The van der Waals surface area contributed by atoms with Crippen LogP contribution in [0.5, 0.6) is 0 Å². The molecule has 1 rings (SSSR count). The Morgan fingerprint density at radius 3 is 2.36 bits per heavy atom. The van der Waals surface area contributed by atoms with Gasteiger partial charge in [0.15, 0.2) is 7.85 Å². The average Bonchev–Trinajstić information content (AvgIpc) is 2.69. The molecule has 1 saturated heterocycles. The lowest BCUT2D eigenvalue weighted by atomic mass is 9.65. The first-order chi connectivity index (χ1) is 10.1. The van der Waals surface area contributed by atoms with Gasteiger partial charge in [-0.05, 0) is 26.0 Å². The summed E-state index contributed by atoms with van der Waals surface area (Å²) in [6.07, 6.45) is 3.62. The Labute approximate surface area is 139 Å². The zero-order valence-electron chi connectivity index (χ0n) is 14.7. The second kappa shape index (κ2) is 7.20. The minimum absolute atomic E-state index is 0.0165. The molecule has 1 heterocycles. The summed E-state index contributed by atoms with van der Waals surface area (Å²) < 4.78 is 0. The molecule has 0 saturated carbocycles. The molecular formula is C16H28BNO3S. The van der Waals surface area contributed by atoms with E-state index in [4.69, 9.17) is 0 Å². The van der Waals surface area contributed by atoms with Crippen molar-refractivity contribution in [3.63, 3.8) is 0 Å². The van der Waals surface area contributed by atoms with Crippen molar-refractivity contribution in [3.05, 3.63) is 0 Å². The lowest BCUT2D eigenvalue weighted by Crippen LogP contribution is -2.59. The van der Waals surface area contributed by atoms with E-state index >= 15 is 0 Å². The van der Waals surface area contributed by atoms with Crippen LogP contribution in [0.2, 0.25) is 0 Å². The largest absolute Gasteiger partial charge is 0.311 e. The Morgan fingerprint density at radius 1 is 1.27 bits per heavy atom. The predicted octanol–water partition coefficient (Wildman–Crippen LogP) is 2.00. The Kier molecular flexibility index (Phi) is 6.31. The van der Waals surface area contributed by atoms with Crippen LogP contribution in [0, 0.1) is 5.41 Å². The number of thioether (sulfide) groups is 1. The van der Waals surface area contributed by atoms with Crippen molar-refractivity contribution in [2.24, 2.45) is 5.41 Å². The molecule has 1 aliphatic rings. The third-order valence-electron chi connectivity index (χ3n) is 5.14. The van der Waals surface area contributed by atoms with Crippen LogP contribution in [-0.2, 0) is 14.4 Å². The van der Waals surface area contributed by atoms with E-state index in [0.717, 1.165) is 25.0 Å². The van der Waals surface area contributed by atoms with Crippen molar-refractivity contribution in [2.45, 2.75) is 71.1 Å². The summed E-state index contributed by atoms with van der Waals surface area (Å²) >= 11 is 1.58. The van der Waals surface area contributed by atoms with Crippen LogP contribution in [0.1, 0.15) is 60.3 Å². The molecule has 0 aromatic carbocycles. The average molecular weight is 325 g/mol. The van der Waals surface area contributed by atoms with Crippen LogP contribution in [-0.4, -0.2) is 46.8 Å². The van der Waals surface area contributed by atoms with Gasteiger partial charge >= 0.3 is 0 Å². The second-order valence-electron chi connectivity index (χ2n) is 7.08. The van der Waals surface area contributed by atoms with Gasteiger partial charge in [0.05, 0.1) is 16.5 Å². The van der Waals surface area contributed by atoms with Gasteiger partial charge in [0.25, 0.3) is 0 Å². The van der Waals surface area contributed by atoms with Gasteiger partial charge in [-0.15, -0.1) is 11.8 Å². The molecule has 0 bridgehead atoms. The third-order valence-corrected chi connectivity index (χ3v) is 6.44. The first kappa shape index (κ1) is 19.3. The first-order valence-electron chi connectivity index (χ1n) is 8.07. The lowest BCUT2D eigenvalue weighted by Gasteiger charge is -2.45. The molecule has 0 aromatic rings. The molecule has 6 heteroatoms. The highest BCUT2D eigenvalue weighted by Gasteiger charge is 2.53. The Hall–Kier alpha value is -0.775. The fraction of sp³-hybridized carbons (Fsp3) is 0.812. The van der Waals surface area contributed by atoms with E-state index in [-0.39, 0.29) is 29.2 Å². The van der Waals surface area contributed by atoms with Crippen LogP contribution < -0.4 is 0 Å². The second-order valence-corrected chi connectivity index (χ2v) is 8.39. The molecule has 124 valence electrons. The molecule has 0 N–H and O–H groups in total. The number of hydrogen-bond acceptors (Lipinski definition) is 4. The number of rotatable bonds is 8. The van der Waals surface area contributed by atoms with Gasteiger partial charge in [0.1, 0.15) is 0 Å². The highest BCUT2D eigenvalue weighted by molar-refractivity contribution is 8.00. The van der Waals surface area contributed by atoms with Gasteiger partial charge in [-0.2, -0.15) is 0 Å². The quantitative estimate of drug-likeness (QED) is 0.389. The van der Waals surface area contributed by atoms with E-state index in [2.05, 4.69) is 6.92 Å². The Morgan fingerprint density at radius 2 is 1.86 bits per heavy atom. The summed E-state index contributed by atoms with van der Waals surface area (Å²) in [5.41, 5.74) is -1.59. The fourth-order valence-electron chi connectivity index (χ4n) is 2.61. The lowest BCUT2D eigenvalue weighted by molar-refractivity contribution is -0.151.